The molecule has 0 saturated carbocycles. The molecular formula is C18H23N3O6S. The highest BCUT2D eigenvalue weighted by atomic mass is 32.2. The van der Waals surface area contributed by atoms with Crippen molar-refractivity contribution in [3.8, 4) is 0 Å². The van der Waals surface area contributed by atoms with Crippen molar-refractivity contribution in [3.05, 3.63) is 54.0 Å². The van der Waals surface area contributed by atoms with Crippen LogP contribution in [0.3, 0.4) is 0 Å². The lowest BCUT2D eigenvalue weighted by Gasteiger charge is -2.13. The van der Waals surface area contributed by atoms with Crippen molar-refractivity contribution in [1.82, 2.24) is 15.4 Å². The first-order chi connectivity index (χ1) is 13.3. The lowest BCUT2D eigenvalue weighted by molar-refractivity contribution is -0.120. The van der Waals surface area contributed by atoms with Crippen molar-refractivity contribution >= 4 is 21.8 Å². The summed E-state index contributed by atoms with van der Waals surface area (Å²) >= 11 is 0. The zero-order valence-corrected chi connectivity index (χ0v) is 16.4. The minimum absolute atomic E-state index is 0.0307. The molecule has 3 N–H and O–H groups in total. The van der Waals surface area contributed by atoms with Crippen LogP contribution in [0.2, 0.25) is 0 Å². The van der Waals surface area contributed by atoms with E-state index < -0.39 is 22.0 Å². The molecule has 1 aromatic carbocycles. The van der Waals surface area contributed by atoms with E-state index >= 15 is 0 Å². The summed E-state index contributed by atoms with van der Waals surface area (Å²) < 4.78 is 37.0. The predicted octanol–water partition coefficient (Wildman–Crippen LogP) is 0.639. The summed E-state index contributed by atoms with van der Waals surface area (Å²) in [5, 5.41) is 5.08. The van der Waals surface area contributed by atoms with Crippen molar-refractivity contribution in [2.24, 2.45) is 0 Å². The first kappa shape index (κ1) is 21.6. The summed E-state index contributed by atoms with van der Waals surface area (Å²) in [5.41, 5.74) is 0.239. The molecule has 0 aliphatic heterocycles. The normalized spacial score (nSPS) is 12.4. The number of amides is 2. The lowest BCUT2D eigenvalue weighted by Crippen LogP contribution is -2.36. The number of nitrogens with one attached hydrogen (secondary N) is 3. The first-order valence-electron chi connectivity index (χ1n) is 8.50. The molecule has 0 aliphatic carbocycles. The van der Waals surface area contributed by atoms with Gasteiger partial charge in [-0.2, -0.15) is 0 Å². The maximum atomic E-state index is 12.3. The minimum atomic E-state index is -3.71. The number of furan rings is 1. The summed E-state index contributed by atoms with van der Waals surface area (Å²) in [5.74, 6) is -0.261. The molecule has 0 fully saturated rings. The van der Waals surface area contributed by atoms with Gasteiger partial charge in [0.25, 0.3) is 5.91 Å². The molecular weight excluding hydrogens is 386 g/mol. The SMILES string of the molecule is COC[C@@H](C)NS(=O)(=O)c1ccc(C(=O)NCC(=O)NCc2ccco2)cc1. The summed E-state index contributed by atoms with van der Waals surface area (Å²) in [6, 6.07) is 8.46. The van der Waals surface area contributed by atoms with Gasteiger partial charge < -0.3 is 19.8 Å². The number of benzene rings is 1. The predicted molar refractivity (Wildman–Crippen MR) is 101 cm³/mol. The Morgan fingerprint density at radius 2 is 1.86 bits per heavy atom. The van der Waals surface area contributed by atoms with Gasteiger partial charge in [-0.1, -0.05) is 0 Å². The highest BCUT2D eigenvalue weighted by molar-refractivity contribution is 7.89. The molecule has 0 unspecified atom stereocenters. The van der Waals surface area contributed by atoms with Crippen LogP contribution < -0.4 is 15.4 Å². The second-order valence-corrected chi connectivity index (χ2v) is 7.75. The Balaban J connectivity index is 1.86. The van der Waals surface area contributed by atoms with E-state index in [1.54, 1.807) is 19.1 Å². The molecule has 1 heterocycles. The highest BCUT2D eigenvalue weighted by Crippen LogP contribution is 2.11. The largest absolute Gasteiger partial charge is 0.467 e. The number of carbonyl (C=O) groups excluding carboxylic acids is 2. The van der Waals surface area contributed by atoms with Crippen molar-refractivity contribution in [2.45, 2.75) is 24.4 Å². The third-order valence-electron chi connectivity index (χ3n) is 3.65. The van der Waals surface area contributed by atoms with Crippen LogP contribution >= 0.6 is 0 Å². The van der Waals surface area contributed by atoms with Crippen molar-refractivity contribution < 1.29 is 27.2 Å². The molecule has 0 aliphatic rings. The van der Waals surface area contributed by atoms with E-state index in [4.69, 9.17) is 9.15 Å². The lowest BCUT2D eigenvalue weighted by atomic mass is 10.2. The van der Waals surface area contributed by atoms with Gasteiger partial charge in [0.05, 0.1) is 30.9 Å². The fourth-order valence-corrected chi connectivity index (χ4v) is 3.55. The fourth-order valence-electron chi connectivity index (χ4n) is 2.33. The average Bonchev–Trinajstić information content (AvgIpc) is 3.18. The van der Waals surface area contributed by atoms with Crippen molar-refractivity contribution in [1.29, 1.82) is 0 Å². The summed E-state index contributed by atoms with van der Waals surface area (Å²) in [4.78, 5) is 23.9. The van der Waals surface area contributed by atoms with Crippen molar-refractivity contribution in [2.75, 3.05) is 20.3 Å². The molecule has 0 radical (unpaired) electrons. The summed E-state index contributed by atoms with van der Waals surface area (Å²) in [6.45, 7) is 1.93. The van der Waals surface area contributed by atoms with Crippen LogP contribution in [0, 0.1) is 0 Å². The van der Waals surface area contributed by atoms with Gasteiger partial charge in [-0.15, -0.1) is 0 Å². The van der Waals surface area contributed by atoms with Crippen LogP contribution in [-0.4, -0.2) is 46.5 Å². The van der Waals surface area contributed by atoms with Crippen LogP contribution in [0.1, 0.15) is 23.0 Å². The molecule has 2 rings (SSSR count). The smallest absolute Gasteiger partial charge is 0.251 e. The maximum absolute atomic E-state index is 12.3. The average molecular weight is 409 g/mol. The maximum Gasteiger partial charge on any atom is 0.251 e. The molecule has 2 aromatic rings. The van der Waals surface area contributed by atoms with Crippen LogP contribution in [-0.2, 0) is 26.1 Å². The number of hydrogen-bond donors (Lipinski definition) is 3. The molecule has 1 aromatic heterocycles. The van der Waals surface area contributed by atoms with Gasteiger partial charge in [-0.3, -0.25) is 9.59 Å². The third kappa shape index (κ3) is 6.48. The minimum Gasteiger partial charge on any atom is -0.467 e. The molecule has 152 valence electrons. The van der Waals surface area contributed by atoms with Gasteiger partial charge >= 0.3 is 0 Å². The van der Waals surface area contributed by atoms with E-state index in [1.165, 1.54) is 37.6 Å². The molecule has 2 amide bonds. The summed E-state index contributed by atoms with van der Waals surface area (Å²) in [7, 11) is -2.23. The zero-order chi connectivity index (χ0) is 20.6. The topological polar surface area (TPSA) is 127 Å². The number of methoxy groups -OCH3 is 1. The van der Waals surface area contributed by atoms with E-state index in [-0.39, 0.29) is 36.1 Å². The van der Waals surface area contributed by atoms with Crippen molar-refractivity contribution in [3.63, 3.8) is 0 Å². The van der Waals surface area contributed by atoms with Gasteiger partial charge in [0.1, 0.15) is 5.76 Å². The first-order valence-corrected chi connectivity index (χ1v) is 9.98. The Labute approximate surface area is 163 Å². The van der Waals surface area contributed by atoms with Gasteiger partial charge in [-0.05, 0) is 43.3 Å². The van der Waals surface area contributed by atoms with E-state index in [9.17, 15) is 18.0 Å². The van der Waals surface area contributed by atoms with E-state index in [1.807, 2.05) is 0 Å². The molecule has 9 nitrogen and oxygen atoms in total. The second-order valence-electron chi connectivity index (χ2n) is 6.04. The van der Waals surface area contributed by atoms with E-state index in [2.05, 4.69) is 15.4 Å². The Bertz CT molecular complexity index is 879. The quantitative estimate of drug-likeness (QED) is 0.529. The monoisotopic (exact) mass is 409 g/mol. The Morgan fingerprint density at radius 3 is 2.46 bits per heavy atom. The molecule has 0 bridgehead atoms. The van der Waals surface area contributed by atoms with Gasteiger partial charge in [0, 0.05) is 18.7 Å². The Morgan fingerprint density at radius 1 is 1.14 bits per heavy atom. The van der Waals surface area contributed by atoms with Gasteiger partial charge in [0.2, 0.25) is 15.9 Å². The standard InChI is InChI=1S/C18H23N3O6S/c1-13(12-26-2)21-28(24,25)16-7-5-14(6-8-16)18(23)20-11-17(22)19-10-15-4-3-9-27-15/h3-9,13,21H,10-12H2,1-2H3,(H,19,22)(H,20,23)/t13-/m1/s1. The molecule has 28 heavy (non-hydrogen) atoms. The fraction of sp³-hybridized carbons (Fsp3) is 0.333. The van der Waals surface area contributed by atoms with Crippen LogP contribution in [0.4, 0.5) is 0 Å². The van der Waals surface area contributed by atoms with Crippen LogP contribution in [0.5, 0.6) is 0 Å². The van der Waals surface area contributed by atoms with Crippen LogP contribution in [0.15, 0.2) is 52.0 Å². The molecule has 0 spiro atoms. The third-order valence-corrected chi connectivity index (χ3v) is 5.25. The van der Waals surface area contributed by atoms with Crippen LogP contribution in [0.25, 0.3) is 0 Å². The Hall–Kier alpha value is -2.69. The number of carbonyl (C=O) groups is 2. The van der Waals surface area contributed by atoms with E-state index in [0.29, 0.717) is 5.76 Å². The highest BCUT2D eigenvalue weighted by Gasteiger charge is 2.18. The number of ether oxygens (including phenoxy) is 1. The van der Waals surface area contributed by atoms with Gasteiger partial charge in [0.15, 0.2) is 0 Å². The Kier molecular flexibility index (Phi) is 7.73. The van der Waals surface area contributed by atoms with E-state index in [0.717, 1.165) is 0 Å². The second kappa shape index (κ2) is 10.0. The zero-order valence-electron chi connectivity index (χ0n) is 15.6. The number of hydrogen-bond acceptors (Lipinski definition) is 6. The van der Waals surface area contributed by atoms with Gasteiger partial charge in [-0.25, -0.2) is 13.1 Å². The number of rotatable bonds is 10. The molecule has 10 heteroatoms. The molecule has 0 saturated heterocycles. The molecule has 1 atom stereocenters. The number of sulfonamides is 1. The summed E-state index contributed by atoms with van der Waals surface area (Å²) in [6.07, 6.45) is 1.50.